The van der Waals surface area contributed by atoms with Crippen LogP contribution in [-0.4, -0.2) is 47.8 Å². The molecule has 2 heterocycles. The third-order valence-corrected chi connectivity index (χ3v) is 6.03. The molecule has 0 saturated carbocycles. The average Bonchev–Trinajstić information content (AvgIpc) is 3.05. The Morgan fingerprint density at radius 2 is 2.08 bits per heavy atom. The van der Waals surface area contributed by atoms with Gasteiger partial charge in [0.1, 0.15) is 0 Å². The Labute approximate surface area is 154 Å². The van der Waals surface area contributed by atoms with Crippen molar-refractivity contribution in [2.45, 2.75) is 19.4 Å². The van der Waals surface area contributed by atoms with Gasteiger partial charge in [-0.15, -0.1) is 0 Å². The summed E-state index contributed by atoms with van der Waals surface area (Å²) in [4.78, 5) is 14.3. The van der Waals surface area contributed by atoms with Gasteiger partial charge in [0.2, 0.25) is 10.0 Å². The smallest absolute Gasteiger partial charge is 0.253 e. The summed E-state index contributed by atoms with van der Waals surface area (Å²) in [6.45, 7) is 1.38. The Balaban J connectivity index is 1.56. The Hall–Kier alpha value is -2.19. The van der Waals surface area contributed by atoms with Gasteiger partial charge < -0.3 is 4.90 Å². The first-order chi connectivity index (χ1) is 12.4. The molecule has 3 rings (SSSR count). The first-order valence-corrected chi connectivity index (χ1v) is 10.4. The van der Waals surface area contributed by atoms with Gasteiger partial charge in [0.15, 0.2) is 0 Å². The summed E-state index contributed by atoms with van der Waals surface area (Å²) >= 11 is 0. The number of benzene rings is 1. The van der Waals surface area contributed by atoms with Crippen LogP contribution in [-0.2, 0) is 23.6 Å². The van der Waals surface area contributed by atoms with E-state index in [0.29, 0.717) is 18.7 Å². The fraction of sp³-hybridized carbons (Fsp3) is 0.444. The Morgan fingerprint density at radius 3 is 2.77 bits per heavy atom. The zero-order chi connectivity index (χ0) is 18.6. The fourth-order valence-corrected chi connectivity index (χ4v) is 4.67. The molecule has 0 aliphatic carbocycles. The van der Waals surface area contributed by atoms with Crippen LogP contribution in [0.5, 0.6) is 0 Å². The van der Waals surface area contributed by atoms with Crippen LogP contribution in [0, 0.1) is 5.92 Å². The third-order valence-electron chi connectivity index (χ3n) is 4.54. The van der Waals surface area contributed by atoms with Crippen molar-refractivity contribution in [3.63, 3.8) is 0 Å². The quantitative estimate of drug-likeness (QED) is 0.826. The lowest BCUT2D eigenvalue weighted by molar-refractivity contribution is 0.0684. The molecule has 1 aromatic heterocycles. The van der Waals surface area contributed by atoms with E-state index >= 15 is 0 Å². The first-order valence-electron chi connectivity index (χ1n) is 8.72. The number of amides is 1. The number of piperidine rings is 1. The maximum atomic E-state index is 12.6. The largest absolute Gasteiger partial charge is 0.338 e. The van der Waals surface area contributed by atoms with Gasteiger partial charge in [-0.1, -0.05) is 18.2 Å². The van der Waals surface area contributed by atoms with Gasteiger partial charge in [0.25, 0.3) is 5.91 Å². The second-order valence-electron chi connectivity index (χ2n) is 6.75. The predicted octanol–water partition coefficient (Wildman–Crippen LogP) is 1.39. The highest BCUT2D eigenvalue weighted by Crippen LogP contribution is 2.20. The Kier molecular flexibility index (Phi) is 5.73. The van der Waals surface area contributed by atoms with Crippen molar-refractivity contribution in [3.05, 3.63) is 53.9 Å². The highest BCUT2D eigenvalue weighted by molar-refractivity contribution is 7.89. The Morgan fingerprint density at radius 1 is 1.31 bits per heavy atom. The van der Waals surface area contributed by atoms with E-state index in [4.69, 9.17) is 0 Å². The number of nitrogens with zero attached hydrogens (tertiary/aromatic N) is 3. The number of rotatable bonds is 6. The van der Waals surface area contributed by atoms with Crippen molar-refractivity contribution in [2.75, 3.05) is 18.8 Å². The van der Waals surface area contributed by atoms with Crippen molar-refractivity contribution in [1.82, 2.24) is 19.4 Å². The van der Waals surface area contributed by atoms with E-state index in [-0.39, 0.29) is 24.1 Å². The number of hydrogen-bond donors (Lipinski definition) is 1. The number of aromatic nitrogens is 2. The highest BCUT2D eigenvalue weighted by Gasteiger charge is 2.28. The molecule has 140 valence electrons. The van der Waals surface area contributed by atoms with Crippen molar-refractivity contribution in [2.24, 2.45) is 13.0 Å². The van der Waals surface area contributed by atoms with E-state index in [1.54, 1.807) is 41.2 Å². The minimum absolute atomic E-state index is 0.0315. The first kappa shape index (κ1) is 18.6. The van der Waals surface area contributed by atoms with Crippen LogP contribution < -0.4 is 4.72 Å². The molecular weight excluding hydrogens is 352 g/mol. The van der Waals surface area contributed by atoms with E-state index in [1.807, 2.05) is 18.2 Å². The molecule has 1 N–H and O–H groups in total. The van der Waals surface area contributed by atoms with Gasteiger partial charge in [0, 0.05) is 44.0 Å². The number of nitrogens with one attached hydrogen (secondary N) is 1. The summed E-state index contributed by atoms with van der Waals surface area (Å²) in [6.07, 6.45) is 5.06. The highest BCUT2D eigenvalue weighted by atomic mass is 32.2. The standard InChI is InChI=1S/C18H24N4O3S/c1-21-12-16(10-19-21)11-20-26(24,25)14-15-6-5-9-22(13-15)18(23)17-7-3-2-4-8-17/h2-4,7-8,10,12,15,20H,5-6,9,11,13-14H2,1H3/t15-/m0/s1. The minimum Gasteiger partial charge on any atom is -0.338 e. The second-order valence-corrected chi connectivity index (χ2v) is 8.60. The monoisotopic (exact) mass is 376 g/mol. The average molecular weight is 376 g/mol. The molecule has 26 heavy (non-hydrogen) atoms. The molecule has 1 amide bonds. The van der Waals surface area contributed by atoms with E-state index in [9.17, 15) is 13.2 Å². The zero-order valence-electron chi connectivity index (χ0n) is 14.8. The van der Waals surface area contributed by atoms with Gasteiger partial charge in [-0.2, -0.15) is 5.10 Å². The summed E-state index contributed by atoms with van der Waals surface area (Å²) in [7, 11) is -1.62. The molecule has 1 aliphatic rings. The zero-order valence-corrected chi connectivity index (χ0v) is 15.7. The molecule has 0 unspecified atom stereocenters. The predicted molar refractivity (Wildman–Crippen MR) is 98.9 cm³/mol. The molecule has 0 spiro atoms. The van der Waals surface area contributed by atoms with Crippen LogP contribution >= 0.6 is 0 Å². The van der Waals surface area contributed by atoms with Gasteiger partial charge >= 0.3 is 0 Å². The Bertz CT molecular complexity index is 848. The summed E-state index contributed by atoms with van der Waals surface area (Å²) < 4.78 is 29.0. The molecule has 7 nitrogen and oxygen atoms in total. The van der Waals surface area contributed by atoms with Crippen LogP contribution in [0.25, 0.3) is 0 Å². The van der Waals surface area contributed by atoms with Gasteiger partial charge in [-0.3, -0.25) is 9.48 Å². The molecule has 8 heteroatoms. The maximum Gasteiger partial charge on any atom is 0.253 e. The molecule has 2 aromatic rings. The lowest BCUT2D eigenvalue weighted by atomic mass is 9.99. The van der Waals surface area contributed by atoms with Crippen molar-refractivity contribution >= 4 is 15.9 Å². The van der Waals surface area contributed by atoms with Crippen LogP contribution in [0.2, 0.25) is 0 Å². The fourth-order valence-electron chi connectivity index (χ4n) is 3.27. The number of likely N-dealkylation sites (tertiary alicyclic amines) is 1. The lowest BCUT2D eigenvalue weighted by Crippen LogP contribution is -2.43. The van der Waals surface area contributed by atoms with Crippen molar-refractivity contribution < 1.29 is 13.2 Å². The molecule has 1 aliphatic heterocycles. The van der Waals surface area contributed by atoms with Crippen LogP contribution in [0.3, 0.4) is 0 Å². The van der Waals surface area contributed by atoms with E-state index < -0.39 is 10.0 Å². The third kappa shape index (κ3) is 4.92. The SMILES string of the molecule is Cn1cc(CNS(=O)(=O)C[C@H]2CCCN(C(=O)c3ccccc3)C2)cn1. The normalized spacial score (nSPS) is 18.0. The number of carbonyl (C=O) groups is 1. The van der Waals surface area contributed by atoms with Gasteiger partial charge in [-0.25, -0.2) is 13.1 Å². The van der Waals surface area contributed by atoms with E-state index in [1.165, 1.54) is 0 Å². The molecule has 1 aromatic carbocycles. The summed E-state index contributed by atoms with van der Waals surface area (Å²) in [6, 6.07) is 9.12. The van der Waals surface area contributed by atoms with Crippen LogP contribution in [0.4, 0.5) is 0 Å². The van der Waals surface area contributed by atoms with Crippen LogP contribution in [0.1, 0.15) is 28.8 Å². The molecule has 1 saturated heterocycles. The van der Waals surface area contributed by atoms with Gasteiger partial charge in [0.05, 0.1) is 11.9 Å². The second kappa shape index (κ2) is 8.01. The number of carbonyl (C=O) groups excluding carboxylic acids is 1. The summed E-state index contributed by atoms with van der Waals surface area (Å²) in [5, 5.41) is 4.03. The summed E-state index contributed by atoms with van der Waals surface area (Å²) in [5.41, 5.74) is 1.46. The van der Waals surface area contributed by atoms with Crippen LogP contribution in [0.15, 0.2) is 42.7 Å². The number of sulfonamides is 1. The molecule has 0 radical (unpaired) electrons. The number of hydrogen-bond acceptors (Lipinski definition) is 4. The van der Waals surface area contributed by atoms with E-state index in [0.717, 1.165) is 18.4 Å². The van der Waals surface area contributed by atoms with Crippen molar-refractivity contribution in [3.8, 4) is 0 Å². The topological polar surface area (TPSA) is 84.3 Å². The minimum atomic E-state index is -3.41. The molecule has 1 fully saturated rings. The number of aryl methyl sites for hydroxylation is 1. The summed E-state index contributed by atoms with van der Waals surface area (Å²) in [5.74, 6) is -0.0509. The van der Waals surface area contributed by atoms with Crippen molar-refractivity contribution in [1.29, 1.82) is 0 Å². The maximum absolute atomic E-state index is 12.6. The molecular formula is C18H24N4O3S. The van der Waals surface area contributed by atoms with E-state index in [2.05, 4.69) is 9.82 Å². The van der Waals surface area contributed by atoms with Gasteiger partial charge in [-0.05, 0) is 30.9 Å². The lowest BCUT2D eigenvalue weighted by Gasteiger charge is -2.32. The molecule has 1 atom stereocenters. The molecule has 0 bridgehead atoms.